The number of pyridine rings is 2. The fraction of sp³-hybridized carbons (Fsp3) is 0.250. The number of rotatable bonds is 8. The Hall–Kier alpha value is -6.95. The topological polar surface area (TPSA) is 61.6 Å². The normalized spacial score (nSPS) is 12.3. The monoisotopic (exact) mass is 1130 g/mol. The minimum absolute atomic E-state index is 0. The van der Waals surface area contributed by atoms with Gasteiger partial charge >= 0.3 is 0 Å². The van der Waals surface area contributed by atoms with Crippen LogP contribution < -0.4 is 9.42 Å². The van der Waals surface area contributed by atoms with Crippen molar-refractivity contribution in [1.29, 1.82) is 0 Å². The fourth-order valence-corrected chi connectivity index (χ4v) is 9.12. The number of nitrogens with zero attached hydrogens (tertiary/aromatic N) is 6. The molecular formula is C64H62N6OPt-2. The molecule has 10 rings (SSSR count). The maximum Gasteiger partial charge on any atom is 0.273 e. The van der Waals surface area contributed by atoms with Gasteiger partial charge in [-0.1, -0.05) is 204 Å². The van der Waals surface area contributed by atoms with E-state index in [9.17, 15) is 0 Å². The number of para-hydroxylation sites is 2. The van der Waals surface area contributed by atoms with Crippen LogP contribution in [0.15, 0.2) is 158 Å². The van der Waals surface area contributed by atoms with Gasteiger partial charge in [-0.25, -0.2) is 4.98 Å². The molecule has 0 aliphatic heterocycles. The predicted molar refractivity (Wildman–Crippen MR) is 289 cm³/mol. The van der Waals surface area contributed by atoms with Crippen LogP contribution in [0, 0.1) is 18.5 Å². The fourth-order valence-electron chi connectivity index (χ4n) is 9.12. The van der Waals surface area contributed by atoms with Crippen LogP contribution in [-0.4, -0.2) is 24.2 Å². The van der Waals surface area contributed by atoms with Crippen LogP contribution in [0.4, 0.5) is 0 Å². The Morgan fingerprint density at radius 3 is 1.71 bits per heavy atom. The van der Waals surface area contributed by atoms with Gasteiger partial charge in [0.05, 0.1) is 11.5 Å². The number of hydrogen-bond acceptors (Lipinski definition) is 4. The van der Waals surface area contributed by atoms with Gasteiger partial charge in [0, 0.05) is 44.1 Å². The number of fused-ring (bicyclic) bond motifs is 3. The van der Waals surface area contributed by atoms with E-state index < -0.39 is 0 Å². The summed E-state index contributed by atoms with van der Waals surface area (Å²) in [4.78, 5) is 10.3. The molecule has 0 bridgehead atoms. The molecule has 7 nitrogen and oxygen atoms in total. The summed E-state index contributed by atoms with van der Waals surface area (Å²) in [6, 6.07) is 60.5. The SMILES string of the molecule is CC(C)(C)c1cc(-c2n[n+](-c3c(-c4ccccc4)cccc3-c3ccccc3)[c-]n2-c2[c-]c(Oc3[c-]c4c(cc3)c3ccccc3n4-c3cc(C(C)(C)C)ccn3)cc(C(C)(C)C)n2)cc(C(C)(C)C)c1.[Pt]. The first kappa shape index (κ1) is 50.0. The third-order valence-electron chi connectivity index (χ3n) is 13.3. The van der Waals surface area contributed by atoms with Gasteiger partial charge in [-0.3, -0.25) is 9.55 Å². The van der Waals surface area contributed by atoms with E-state index in [1.54, 1.807) is 0 Å². The van der Waals surface area contributed by atoms with Gasteiger partial charge in [0.15, 0.2) is 5.82 Å². The summed E-state index contributed by atoms with van der Waals surface area (Å²) in [6.45, 7) is 26.8. The van der Waals surface area contributed by atoms with E-state index in [0.717, 1.165) is 66.8 Å². The van der Waals surface area contributed by atoms with Crippen molar-refractivity contribution >= 4 is 21.8 Å². The zero-order valence-corrected chi connectivity index (χ0v) is 45.7. The second-order valence-electron chi connectivity index (χ2n) is 22.8. The maximum atomic E-state index is 6.93. The largest absolute Gasteiger partial charge is 0.522 e. The molecule has 4 heterocycles. The van der Waals surface area contributed by atoms with Crippen molar-refractivity contribution in [1.82, 2.24) is 24.2 Å². The Morgan fingerprint density at radius 1 is 0.514 bits per heavy atom. The van der Waals surface area contributed by atoms with Crippen LogP contribution in [0.5, 0.6) is 11.5 Å². The van der Waals surface area contributed by atoms with Crippen molar-refractivity contribution in [2.45, 2.75) is 105 Å². The minimum atomic E-state index is -0.367. The smallest absolute Gasteiger partial charge is 0.273 e. The molecule has 0 N–H and O–H groups in total. The quantitative estimate of drug-likeness (QED) is 0.112. The molecule has 10 aromatic rings. The molecule has 0 amide bonds. The van der Waals surface area contributed by atoms with E-state index in [4.69, 9.17) is 19.8 Å². The Morgan fingerprint density at radius 2 is 1.11 bits per heavy atom. The van der Waals surface area contributed by atoms with E-state index in [-0.39, 0.29) is 42.7 Å². The van der Waals surface area contributed by atoms with Crippen molar-refractivity contribution in [2.75, 3.05) is 0 Å². The number of hydrogen-bond donors (Lipinski definition) is 0. The summed E-state index contributed by atoms with van der Waals surface area (Å²) in [5.41, 5.74) is 11.7. The molecule has 0 fully saturated rings. The van der Waals surface area contributed by atoms with Crippen molar-refractivity contribution in [3.63, 3.8) is 0 Å². The molecule has 6 aromatic carbocycles. The van der Waals surface area contributed by atoms with E-state index in [0.29, 0.717) is 23.1 Å². The summed E-state index contributed by atoms with van der Waals surface area (Å²) in [5, 5.41) is 7.75. The predicted octanol–water partition coefficient (Wildman–Crippen LogP) is 15.4. The first-order valence-electron chi connectivity index (χ1n) is 24.6. The number of aromatic nitrogens is 6. The standard InChI is InChI=1S/C64H62N6O.Pt/c1-61(2,3)45-32-33-65-57(37-45)70-54-29-20-19-26-52(54)53-31-30-48(38-55(53)70)71-49-39-56(64(10,11)12)66-58(40-49)68-41-69(67-60(68)44-34-46(62(4,5)6)36-47(35-44)63(7,8)9)59-50(42-22-15-13-16-23-42)27-21-28-51(59)43-24-17-14-18-25-43;/h13-37,39H,1-12H3;/q-2;. The van der Waals surface area contributed by atoms with E-state index in [1.807, 2.05) is 39.7 Å². The molecule has 0 radical (unpaired) electrons. The van der Waals surface area contributed by atoms with E-state index >= 15 is 0 Å². The molecule has 0 atom stereocenters. The maximum absolute atomic E-state index is 6.93. The van der Waals surface area contributed by atoms with Crippen LogP contribution in [0.2, 0.25) is 0 Å². The Balaban J connectivity index is 0.00000640. The second-order valence-corrected chi connectivity index (χ2v) is 22.8. The molecule has 0 aliphatic rings. The molecule has 72 heavy (non-hydrogen) atoms. The third kappa shape index (κ3) is 9.84. The van der Waals surface area contributed by atoms with Crippen LogP contribution >= 0.6 is 0 Å². The van der Waals surface area contributed by atoms with Crippen molar-refractivity contribution in [3.05, 3.63) is 199 Å². The third-order valence-corrected chi connectivity index (χ3v) is 13.3. The van der Waals surface area contributed by atoms with Crippen molar-refractivity contribution in [2.24, 2.45) is 0 Å². The zero-order valence-electron chi connectivity index (χ0n) is 43.4. The molecular weight excluding hydrogens is 1060 g/mol. The van der Waals surface area contributed by atoms with Crippen LogP contribution in [0.3, 0.4) is 0 Å². The summed E-state index contributed by atoms with van der Waals surface area (Å²) in [5.74, 6) is 3.05. The summed E-state index contributed by atoms with van der Waals surface area (Å²) >= 11 is 0. The first-order chi connectivity index (χ1) is 33.7. The first-order valence-corrected chi connectivity index (χ1v) is 24.6. The molecule has 0 spiro atoms. The van der Waals surface area contributed by atoms with Gasteiger partial charge in [0.25, 0.3) is 6.33 Å². The van der Waals surface area contributed by atoms with Gasteiger partial charge < -0.3 is 9.30 Å². The molecule has 366 valence electrons. The average molecular weight is 1130 g/mol. The molecule has 0 saturated carbocycles. The molecule has 8 heteroatoms. The summed E-state index contributed by atoms with van der Waals surface area (Å²) < 4.78 is 13.0. The van der Waals surface area contributed by atoms with E-state index in [2.05, 4.69) is 234 Å². The van der Waals surface area contributed by atoms with Gasteiger partial charge in [-0.15, -0.1) is 28.7 Å². The Kier molecular flexibility index (Phi) is 13.1. The molecule has 0 saturated heterocycles. The number of ether oxygens (including phenoxy) is 1. The Labute approximate surface area is 439 Å². The Bertz CT molecular complexity index is 3510. The van der Waals surface area contributed by atoms with Gasteiger partial charge in [0.1, 0.15) is 5.82 Å². The van der Waals surface area contributed by atoms with Gasteiger partial charge in [-0.05, 0) is 95.6 Å². The second kappa shape index (κ2) is 18.9. The van der Waals surface area contributed by atoms with E-state index in [1.165, 1.54) is 16.7 Å². The summed E-state index contributed by atoms with van der Waals surface area (Å²) in [6.07, 6.45) is 5.65. The van der Waals surface area contributed by atoms with Crippen LogP contribution in [0.25, 0.3) is 72.8 Å². The van der Waals surface area contributed by atoms with Gasteiger partial charge in [0.2, 0.25) is 0 Å². The van der Waals surface area contributed by atoms with Gasteiger partial charge in [-0.2, -0.15) is 16.8 Å². The summed E-state index contributed by atoms with van der Waals surface area (Å²) in [7, 11) is 0. The molecule has 0 aliphatic carbocycles. The van der Waals surface area contributed by atoms with Crippen LogP contribution in [0.1, 0.15) is 105 Å². The molecule has 4 aromatic heterocycles. The van der Waals surface area contributed by atoms with Crippen molar-refractivity contribution in [3.8, 4) is 62.5 Å². The minimum Gasteiger partial charge on any atom is -0.522 e. The van der Waals surface area contributed by atoms with Crippen LogP contribution in [-0.2, 0) is 42.7 Å². The average Bonchev–Trinajstić information content (AvgIpc) is 3.93. The zero-order chi connectivity index (χ0) is 50.0. The van der Waals surface area contributed by atoms with Crippen molar-refractivity contribution < 1.29 is 30.5 Å². The molecule has 0 unspecified atom stereocenters. The number of benzene rings is 6.